The van der Waals surface area contributed by atoms with Gasteiger partial charge in [-0.3, -0.25) is 4.79 Å². The number of nitrogens with zero attached hydrogens (tertiary/aromatic N) is 1. The van der Waals surface area contributed by atoms with Crippen molar-refractivity contribution in [3.8, 4) is 5.75 Å². The van der Waals surface area contributed by atoms with Crippen LogP contribution in [0.5, 0.6) is 5.75 Å². The van der Waals surface area contributed by atoms with E-state index in [1.807, 2.05) is 6.07 Å². The molecular weight excluding hydrogens is 308 g/mol. The third-order valence-corrected chi connectivity index (χ3v) is 2.83. The van der Waals surface area contributed by atoms with Crippen molar-refractivity contribution in [2.75, 3.05) is 0 Å². The monoisotopic (exact) mass is 318 g/mol. The number of rotatable bonds is 3. The fourth-order valence-electron chi connectivity index (χ4n) is 1.46. The van der Waals surface area contributed by atoms with Crippen LogP contribution in [0.1, 0.15) is 15.9 Å². The van der Waals surface area contributed by atoms with Crippen molar-refractivity contribution in [2.24, 2.45) is 5.10 Å². The van der Waals surface area contributed by atoms with Crippen molar-refractivity contribution in [3.05, 3.63) is 64.1 Å². The highest BCUT2D eigenvalue weighted by molar-refractivity contribution is 9.10. The molecule has 0 spiro atoms. The Kier molecular flexibility index (Phi) is 4.30. The van der Waals surface area contributed by atoms with Gasteiger partial charge in [0.15, 0.2) is 0 Å². The average molecular weight is 319 g/mol. The molecule has 0 aliphatic rings. The third kappa shape index (κ3) is 3.93. The number of phenolic OH excluding ortho intramolecular Hbond substituents is 1. The number of benzene rings is 2. The van der Waals surface area contributed by atoms with Crippen molar-refractivity contribution < 1.29 is 9.90 Å². The lowest BCUT2D eigenvalue weighted by Crippen LogP contribution is -2.17. The predicted molar refractivity (Wildman–Crippen MR) is 77.3 cm³/mol. The zero-order valence-electron chi connectivity index (χ0n) is 9.88. The molecule has 0 unspecified atom stereocenters. The number of phenols is 1. The molecule has 1 amide bonds. The van der Waals surface area contributed by atoms with E-state index in [1.54, 1.807) is 42.5 Å². The summed E-state index contributed by atoms with van der Waals surface area (Å²) in [6, 6.07) is 13.6. The zero-order valence-corrected chi connectivity index (χ0v) is 11.5. The molecule has 2 aromatic carbocycles. The highest BCUT2D eigenvalue weighted by Crippen LogP contribution is 2.11. The van der Waals surface area contributed by atoms with Crippen LogP contribution in [-0.4, -0.2) is 17.2 Å². The maximum atomic E-state index is 11.8. The van der Waals surface area contributed by atoms with E-state index in [4.69, 9.17) is 0 Å². The molecule has 0 aromatic heterocycles. The summed E-state index contributed by atoms with van der Waals surface area (Å²) >= 11 is 3.30. The Hall–Kier alpha value is -2.14. The second kappa shape index (κ2) is 6.15. The molecule has 0 atom stereocenters. The summed E-state index contributed by atoms with van der Waals surface area (Å²) in [5.74, 6) is -0.139. The lowest BCUT2D eigenvalue weighted by molar-refractivity contribution is 0.0955. The van der Waals surface area contributed by atoms with Gasteiger partial charge in [-0.05, 0) is 35.9 Å². The fourth-order valence-corrected chi connectivity index (χ4v) is 1.86. The second-order valence-electron chi connectivity index (χ2n) is 3.80. The van der Waals surface area contributed by atoms with Crippen molar-refractivity contribution in [3.63, 3.8) is 0 Å². The molecule has 96 valence electrons. The summed E-state index contributed by atoms with van der Waals surface area (Å²) in [5.41, 5.74) is 3.64. The van der Waals surface area contributed by atoms with E-state index in [2.05, 4.69) is 26.5 Å². The first-order valence-electron chi connectivity index (χ1n) is 5.53. The van der Waals surface area contributed by atoms with Crippen molar-refractivity contribution in [1.29, 1.82) is 0 Å². The van der Waals surface area contributed by atoms with E-state index in [9.17, 15) is 9.90 Å². The molecule has 2 aromatic rings. The van der Waals surface area contributed by atoms with Crippen LogP contribution in [0.3, 0.4) is 0 Å². The normalized spacial score (nSPS) is 10.6. The van der Waals surface area contributed by atoms with Gasteiger partial charge >= 0.3 is 0 Å². The summed E-state index contributed by atoms with van der Waals surface area (Å²) in [7, 11) is 0. The molecule has 0 aliphatic heterocycles. The molecule has 0 radical (unpaired) electrons. The summed E-state index contributed by atoms with van der Waals surface area (Å²) in [5, 5.41) is 13.1. The summed E-state index contributed by atoms with van der Waals surface area (Å²) in [6.45, 7) is 0. The standard InChI is InChI=1S/C14H11BrN2O2/c15-12-5-2-4-11(8-12)14(19)17-16-9-10-3-1-6-13(18)7-10/h1-9,18H,(H,17,19). The molecule has 0 saturated carbocycles. The molecule has 2 N–H and O–H groups in total. The van der Waals surface area contributed by atoms with Gasteiger partial charge in [-0.2, -0.15) is 5.10 Å². The highest BCUT2D eigenvalue weighted by atomic mass is 79.9. The zero-order chi connectivity index (χ0) is 13.7. The Morgan fingerprint density at radius 1 is 1.21 bits per heavy atom. The topological polar surface area (TPSA) is 61.7 Å². The average Bonchev–Trinajstić information content (AvgIpc) is 2.38. The van der Waals surface area contributed by atoms with Crippen LogP contribution in [0.25, 0.3) is 0 Å². The van der Waals surface area contributed by atoms with E-state index in [0.717, 1.165) is 4.47 Å². The van der Waals surface area contributed by atoms with Gasteiger partial charge in [0.1, 0.15) is 5.75 Å². The second-order valence-corrected chi connectivity index (χ2v) is 4.72. The summed E-state index contributed by atoms with van der Waals surface area (Å²) in [6.07, 6.45) is 1.47. The fraction of sp³-hybridized carbons (Fsp3) is 0. The number of carbonyl (C=O) groups is 1. The minimum atomic E-state index is -0.294. The van der Waals surface area contributed by atoms with Crippen LogP contribution >= 0.6 is 15.9 Å². The number of hydrazone groups is 1. The molecular formula is C14H11BrN2O2. The minimum Gasteiger partial charge on any atom is -0.508 e. The van der Waals surface area contributed by atoms with Gasteiger partial charge in [-0.15, -0.1) is 0 Å². The maximum Gasteiger partial charge on any atom is 0.271 e. The highest BCUT2D eigenvalue weighted by Gasteiger charge is 2.03. The molecule has 0 fully saturated rings. The minimum absolute atomic E-state index is 0.155. The number of halogens is 1. The van der Waals surface area contributed by atoms with Gasteiger partial charge in [-0.25, -0.2) is 5.43 Å². The molecule has 0 bridgehead atoms. The Balaban J connectivity index is 2.01. The van der Waals surface area contributed by atoms with Gasteiger partial charge in [0, 0.05) is 10.0 Å². The first-order valence-corrected chi connectivity index (χ1v) is 6.32. The van der Waals surface area contributed by atoms with Gasteiger partial charge in [0.25, 0.3) is 5.91 Å². The Morgan fingerprint density at radius 3 is 2.74 bits per heavy atom. The number of aromatic hydroxyl groups is 1. The van der Waals surface area contributed by atoms with Crippen LogP contribution < -0.4 is 5.43 Å². The SMILES string of the molecule is O=C(NN=Cc1cccc(O)c1)c1cccc(Br)c1. The molecule has 2 rings (SSSR count). The number of hydrogen-bond donors (Lipinski definition) is 2. The van der Waals surface area contributed by atoms with E-state index in [0.29, 0.717) is 11.1 Å². The van der Waals surface area contributed by atoms with Gasteiger partial charge in [0.05, 0.1) is 6.21 Å². The lowest BCUT2D eigenvalue weighted by Gasteiger charge is -2.00. The molecule has 0 saturated heterocycles. The number of nitrogens with one attached hydrogen (secondary N) is 1. The quantitative estimate of drug-likeness (QED) is 0.675. The number of carbonyl (C=O) groups excluding carboxylic acids is 1. The molecule has 4 nitrogen and oxygen atoms in total. The number of amides is 1. The van der Waals surface area contributed by atoms with Crippen molar-refractivity contribution >= 4 is 28.1 Å². The van der Waals surface area contributed by atoms with Gasteiger partial charge < -0.3 is 5.11 Å². The van der Waals surface area contributed by atoms with Crippen molar-refractivity contribution in [1.82, 2.24) is 5.43 Å². The molecule has 0 aliphatic carbocycles. The number of hydrogen-bond acceptors (Lipinski definition) is 3. The van der Waals surface area contributed by atoms with E-state index < -0.39 is 0 Å². The first-order chi connectivity index (χ1) is 9.15. The maximum absolute atomic E-state index is 11.8. The van der Waals surface area contributed by atoms with E-state index in [1.165, 1.54) is 6.21 Å². The van der Waals surface area contributed by atoms with Crippen LogP contribution in [-0.2, 0) is 0 Å². The molecule has 0 heterocycles. The van der Waals surface area contributed by atoms with E-state index >= 15 is 0 Å². The summed E-state index contributed by atoms with van der Waals surface area (Å²) in [4.78, 5) is 11.8. The smallest absolute Gasteiger partial charge is 0.271 e. The van der Waals surface area contributed by atoms with Crippen LogP contribution in [0, 0.1) is 0 Å². The van der Waals surface area contributed by atoms with Gasteiger partial charge in [-0.1, -0.05) is 34.1 Å². The Labute approximate surface area is 118 Å². The van der Waals surface area contributed by atoms with Crippen molar-refractivity contribution in [2.45, 2.75) is 0 Å². The van der Waals surface area contributed by atoms with Crippen LogP contribution in [0.2, 0.25) is 0 Å². The van der Waals surface area contributed by atoms with Gasteiger partial charge in [0.2, 0.25) is 0 Å². The third-order valence-electron chi connectivity index (χ3n) is 2.34. The Bertz CT molecular complexity index is 626. The summed E-state index contributed by atoms with van der Waals surface area (Å²) < 4.78 is 0.831. The largest absolute Gasteiger partial charge is 0.508 e. The molecule has 5 heteroatoms. The van der Waals surface area contributed by atoms with E-state index in [-0.39, 0.29) is 11.7 Å². The Morgan fingerprint density at radius 2 is 2.00 bits per heavy atom. The first kappa shape index (κ1) is 13.3. The van der Waals surface area contributed by atoms with Crippen LogP contribution in [0.4, 0.5) is 0 Å². The molecule has 19 heavy (non-hydrogen) atoms. The van der Waals surface area contributed by atoms with Crippen LogP contribution in [0.15, 0.2) is 58.1 Å². The predicted octanol–water partition coefficient (Wildman–Crippen LogP) is 2.92. The lowest BCUT2D eigenvalue weighted by atomic mass is 10.2.